The minimum Gasteiger partial charge on any atom is -0.382 e. The van der Waals surface area contributed by atoms with Crippen LogP contribution in [0.5, 0.6) is 0 Å². The number of benzene rings is 1. The van der Waals surface area contributed by atoms with Crippen molar-refractivity contribution >= 4 is 11.4 Å². The van der Waals surface area contributed by atoms with Crippen molar-refractivity contribution in [3.63, 3.8) is 0 Å². The SMILES string of the molecule is CC(C)(C)C1CCCCC1Nc1cccc([N+](=O)[O-])c1. The van der Waals surface area contributed by atoms with Gasteiger partial charge < -0.3 is 5.32 Å². The topological polar surface area (TPSA) is 55.2 Å². The van der Waals surface area contributed by atoms with Crippen molar-refractivity contribution in [2.24, 2.45) is 11.3 Å². The summed E-state index contributed by atoms with van der Waals surface area (Å²) in [6.45, 7) is 6.85. The Bertz CT molecular complexity index is 480. The molecule has 4 nitrogen and oxygen atoms in total. The Labute approximate surface area is 120 Å². The van der Waals surface area contributed by atoms with Gasteiger partial charge in [0, 0.05) is 23.9 Å². The second-order valence-electron chi connectivity index (χ2n) is 6.82. The third kappa shape index (κ3) is 3.50. The van der Waals surface area contributed by atoms with Crippen LogP contribution in [-0.2, 0) is 0 Å². The standard InChI is InChI=1S/C16H24N2O2/c1-16(2,3)14-9-4-5-10-15(14)17-12-7-6-8-13(11-12)18(19)20/h6-8,11,14-15,17H,4-5,9-10H2,1-3H3. The number of nitrogens with one attached hydrogen (secondary N) is 1. The summed E-state index contributed by atoms with van der Waals surface area (Å²) >= 11 is 0. The van der Waals surface area contributed by atoms with Crippen LogP contribution in [0.15, 0.2) is 24.3 Å². The van der Waals surface area contributed by atoms with Gasteiger partial charge in [0.1, 0.15) is 0 Å². The van der Waals surface area contributed by atoms with Gasteiger partial charge in [-0.1, -0.05) is 39.7 Å². The molecular weight excluding hydrogens is 252 g/mol. The molecule has 2 atom stereocenters. The highest BCUT2D eigenvalue weighted by atomic mass is 16.6. The summed E-state index contributed by atoms with van der Waals surface area (Å²) in [4.78, 5) is 10.5. The van der Waals surface area contributed by atoms with Crippen molar-refractivity contribution in [2.75, 3.05) is 5.32 Å². The van der Waals surface area contributed by atoms with Gasteiger partial charge in [-0.05, 0) is 30.2 Å². The highest BCUT2D eigenvalue weighted by molar-refractivity contribution is 5.51. The number of non-ortho nitro benzene ring substituents is 1. The molecule has 0 bridgehead atoms. The van der Waals surface area contributed by atoms with Crippen LogP contribution >= 0.6 is 0 Å². The van der Waals surface area contributed by atoms with Gasteiger partial charge in [0.2, 0.25) is 0 Å². The summed E-state index contributed by atoms with van der Waals surface area (Å²) in [5.41, 5.74) is 1.28. The van der Waals surface area contributed by atoms with E-state index in [4.69, 9.17) is 0 Å². The van der Waals surface area contributed by atoms with Crippen LogP contribution < -0.4 is 5.32 Å². The van der Waals surface area contributed by atoms with E-state index in [9.17, 15) is 10.1 Å². The van der Waals surface area contributed by atoms with E-state index < -0.39 is 0 Å². The van der Waals surface area contributed by atoms with Crippen LogP contribution in [0.1, 0.15) is 46.5 Å². The Morgan fingerprint density at radius 1 is 1.25 bits per heavy atom. The van der Waals surface area contributed by atoms with Gasteiger partial charge in [0.05, 0.1) is 4.92 Å². The number of hydrogen-bond donors (Lipinski definition) is 1. The van der Waals surface area contributed by atoms with E-state index in [2.05, 4.69) is 26.1 Å². The minimum atomic E-state index is -0.340. The molecule has 0 aliphatic heterocycles. The van der Waals surface area contributed by atoms with Gasteiger partial charge in [0.25, 0.3) is 5.69 Å². The zero-order valence-corrected chi connectivity index (χ0v) is 12.6. The van der Waals surface area contributed by atoms with Crippen molar-refractivity contribution < 1.29 is 4.92 Å². The molecule has 4 heteroatoms. The molecule has 0 amide bonds. The molecule has 0 spiro atoms. The molecule has 1 aliphatic carbocycles. The summed E-state index contributed by atoms with van der Waals surface area (Å²) in [5, 5.41) is 14.4. The highest BCUT2D eigenvalue weighted by Crippen LogP contribution is 2.39. The van der Waals surface area contributed by atoms with Crippen LogP contribution in [0.2, 0.25) is 0 Å². The number of nitro benzene ring substituents is 1. The first-order valence-corrected chi connectivity index (χ1v) is 7.39. The molecule has 2 unspecified atom stereocenters. The monoisotopic (exact) mass is 276 g/mol. The van der Waals surface area contributed by atoms with Crippen LogP contribution in [0.25, 0.3) is 0 Å². The number of rotatable bonds is 3. The molecule has 1 aromatic carbocycles. The lowest BCUT2D eigenvalue weighted by Crippen LogP contribution is -2.39. The molecule has 110 valence electrons. The highest BCUT2D eigenvalue weighted by Gasteiger charge is 2.34. The first kappa shape index (κ1) is 14.8. The summed E-state index contributed by atoms with van der Waals surface area (Å²) in [6, 6.07) is 7.24. The van der Waals surface area contributed by atoms with Gasteiger partial charge in [-0.3, -0.25) is 10.1 Å². The molecule has 0 saturated heterocycles. The fourth-order valence-electron chi connectivity index (χ4n) is 3.26. The molecule has 0 heterocycles. The van der Waals surface area contributed by atoms with E-state index in [1.807, 2.05) is 6.07 Å². The Morgan fingerprint density at radius 3 is 2.60 bits per heavy atom. The third-order valence-electron chi connectivity index (χ3n) is 4.29. The Kier molecular flexibility index (Phi) is 4.31. The molecule has 20 heavy (non-hydrogen) atoms. The summed E-state index contributed by atoms with van der Waals surface area (Å²) < 4.78 is 0. The fraction of sp³-hybridized carbons (Fsp3) is 0.625. The third-order valence-corrected chi connectivity index (χ3v) is 4.29. The van der Waals surface area contributed by atoms with Gasteiger partial charge in [-0.2, -0.15) is 0 Å². The number of nitrogens with zero attached hydrogens (tertiary/aromatic N) is 1. The predicted octanol–water partition coefficient (Wildman–Crippen LogP) is 4.61. The van der Waals surface area contributed by atoms with Gasteiger partial charge in [-0.25, -0.2) is 0 Å². The summed E-state index contributed by atoms with van der Waals surface area (Å²) in [6.07, 6.45) is 4.90. The second kappa shape index (κ2) is 5.81. The molecular formula is C16H24N2O2. The fourth-order valence-corrected chi connectivity index (χ4v) is 3.26. The molecule has 1 N–H and O–H groups in total. The van der Waals surface area contributed by atoms with E-state index in [1.165, 1.54) is 25.3 Å². The van der Waals surface area contributed by atoms with Crippen molar-refractivity contribution in [1.29, 1.82) is 0 Å². The van der Waals surface area contributed by atoms with Crippen LogP contribution in [0, 0.1) is 21.4 Å². The van der Waals surface area contributed by atoms with Gasteiger partial charge >= 0.3 is 0 Å². The number of hydrogen-bond acceptors (Lipinski definition) is 3. The van der Waals surface area contributed by atoms with E-state index >= 15 is 0 Å². The maximum Gasteiger partial charge on any atom is 0.271 e. The number of nitro groups is 1. The van der Waals surface area contributed by atoms with E-state index in [0.29, 0.717) is 12.0 Å². The quantitative estimate of drug-likeness (QED) is 0.647. The zero-order valence-electron chi connectivity index (χ0n) is 12.6. The molecule has 2 rings (SSSR count). The zero-order chi connectivity index (χ0) is 14.8. The maximum absolute atomic E-state index is 10.8. The molecule has 1 saturated carbocycles. The lowest BCUT2D eigenvalue weighted by molar-refractivity contribution is -0.384. The molecule has 1 aliphatic rings. The lowest BCUT2D eigenvalue weighted by Gasteiger charge is -2.41. The van der Waals surface area contributed by atoms with E-state index in [0.717, 1.165) is 12.1 Å². The first-order chi connectivity index (χ1) is 9.38. The summed E-state index contributed by atoms with van der Waals surface area (Å²) in [7, 11) is 0. The second-order valence-corrected chi connectivity index (χ2v) is 6.82. The number of anilines is 1. The van der Waals surface area contributed by atoms with Crippen LogP contribution in [0.4, 0.5) is 11.4 Å². The average Bonchev–Trinajstić information content (AvgIpc) is 2.38. The van der Waals surface area contributed by atoms with Gasteiger partial charge in [0.15, 0.2) is 0 Å². The van der Waals surface area contributed by atoms with Gasteiger partial charge in [-0.15, -0.1) is 0 Å². The van der Waals surface area contributed by atoms with Crippen LogP contribution in [-0.4, -0.2) is 11.0 Å². The van der Waals surface area contributed by atoms with Crippen molar-refractivity contribution in [2.45, 2.75) is 52.5 Å². The van der Waals surface area contributed by atoms with Crippen LogP contribution in [0.3, 0.4) is 0 Å². The minimum absolute atomic E-state index is 0.151. The molecule has 1 fully saturated rings. The van der Waals surface area contributed by atoms with Crippen molar-refractivity contribution in [3.8, 4) is 0 Å². The smallest absolute Gasteiger partial charge is 0.271 e. The Morgan fingerprint density at radius 2 is 1.95 bits per heavy atom. The Balaban J connectivity index is 2.14. The van der Waals surface area contributed by atoms with E-state index in [1.54, 1.807) is 12.1 Å². The average molecular weight is 276 g/mol. The summed E-state index contributed by atoms with van der Waals surface area (Å²) in [5.74, 6) is 0.607. The molecule has 0 radical (unpaired) electrons. The predicted molar refractivity (Wildman–Crippen MR) is 81.9 cm³/mol. The normalized spacial score (nSPS) is 23.4. The first-order valence-electron chi connectivity index (χ1n) is 7.39. The molecule has 1 aromatic rings. The largest absolute Gasteiger partial charge is 0.382 e. The van der Waals surface area contributed by atoms with Crippen molar-refractivity contribution in [3.05, 3.63) is 34.4 Å². The molecule has 0 aromatic heterocycles. The maximum atomic E-state index is 10.8. The lowest BCUT2D eigenvalue weighted by atomic mass is 9.69. The van der Waals surface area contributed by atoms with Crippen molar-refractivity contribution in [1.82, 2.24) is 0 Å². The van der Waals surface area contributed by atoms with E-state index in [-0.39, 0.29) is 16.0 Å². The Hall–Kier alpha value is -1.58.